The van der Waals surface area contributed by atoms with Crippen molar-refractivity contribution in [3.05, 3.63) is 59.2 Å². The van der Waals surface area contributed by atoms with Crippen LogP contribution in [0.25, 0.3) is 0 Å². The lowest BCUT2D eigenvalue weighted by Gasteiger charge is -2.34. The van der Waals surface area contributed by atoms with E-state index in [-0.39, 0.29) is 23.8 Å². The Kier molecular flexibility index (Phi) is 16.1. The summed E-state index contributed by atoms with van der Waals surface area (Å²) in [5, 5.41) is 2.74. The highest BCUT2D eigenvalue weighted by Crippen LogP contribution is 2.33. The fourth-order valence-corrected chi connectivity index (χ4v) is 5.73. The van der Waals surface area contributed by atoms with Gasteiger partial charge >= 0.3 is 0 Å². The first-order valence-corrected chi connectivity index (χ1v) is 17.0. The van der Waals surface area contributed by atoms with Crippen molar-refractivity contribution in [3.8, 4) is 5.75 Å². The maximum absolute atomic E-state index is 13.5. The van der Waals surface area contributed by atoms with E-state index < -0.39 is 11.5 Å². The number of nitrogens with zero attached hydrogens (tertiary/aromatic N) is 2. The Morgan fingerprint density at radius 3 is 2.40 bits per heavy atom. The number of nitrogens with one attached hydrogen (secondary N) is 1. The van der Waals surface area contributed by atoms with Crippen molar-refractivity contribution in [2.45, 2.75) is 71.8 Å². The minimum absolute atomic E-state index is 0.0599. The van der Waals surface area contributed by atoms with E-state index in [0.29, 0.717) is 59.2 Å². The van der Waals surface area contributed by atoms with Crippen LogP contribution >= 0.6 is 0 Å². The average Bonchev–Trinajstić information content (AvgIpc) is 3.09. The molecule has 0 saturated heterocycles. The molecule has 0 bridgehead atoms. The summed E-state index contributed by atoms with van der Waals surface area (Å²) < 4.78 is 28.7. The molecule has 11 nitrogen and oxygen atoms in total. The quantitative estimate of drug-likeness (QED) is 0.189. The number of rotatable bonds is 21. The molecule has 3 N–H and O–H groups in total. The second kappa shape index (κ2) is 19.7. The number of anilines is 1. The molecule has 0 fully saturated rings. The maximum Gasteiger partial charge on any atom is 0.239 e. The monoisotopic (exact) mass is 670 g/mol. The third kappa shape index (κ3) is 11.7. The zero-order valence-corrected chi connectivity index (χ0v) is 30.1. The highest BCUT2D eigenvalue weighted by atomic mass is 16.5. The van der Waals surface area contributed by atoms with E-state index in [1.807, 2.05) is 26.0 Å². The van der Waals surface area contributed by atoms with E-state index in [1.54, 1.807) is 33.1 Å². The van der Waals surface area contributed by atoms with Crippen LogP contribution in [0.5, 0.6) is 5.75 Å². The van der Waals surface area contributed by atoms with Crippen LogP contribution in [-0.4, -0.2) is 103 Å². The molecule has 3 rings (SSSR count). The molecule has 3 atom stereocenters. The SMILES string of the molecule is CNC(=O)C(C)(C)CCN(C[C@H](OCc1ccc2c(c1)N(CCCOC)CCO2)[C@H](C)c1ccc(COCCOC)cc1)C(=O)[C@H](C)N. The molecule has 0 aliphatic carbocycles. The highest BCUT2D eigenvalue weighted by Gasteiger charge is 2.31. The van der Waals surface area contributed by atoms with E-state index in [1.165, 1.54) is 0 Å². The van der Waals surface area contributed by atoms with E-state index in [4.69, 9.17) is 29.4 Å². The van der Waals surface area contributed by atoms with Crippen LogP contribution in [0.2, 0.25) is 0 Å². The van der Waals surface area contributed by atoms with Crippen molar-refractivity contribution in [2.24, 2.45) is 11.1 Å². The van der Waals surface area contributed by atoms with Gasteiger partial charge in [-0.25, -0.2) is 0 Å². The number of hydrogen-bond acceptors (Lipinski definition) is 9. The van der Waals surface area contributed by atoms with E-state index in [0.717, 1.165) is 47.6 Å². The van der Waals surface area contributed by atoms with Crippen molar-refractivity contribution in [1.29, 1.82) is 0 Å². The average molecular weight is 671 g/mol. The largest absolute Gasteiger partial charge is 0.490 e. The van der Waals surface area contributed by atoms with Gasteiger partial charge in [0.1, 0.15) is 12.4 Å². The summed E-state index contributed by atoms with van der Waals surface area (Å²) >= 11 is 0. The summed E-state index contributed by atoms with van der Waals surface area (Å²) in [7, 11) is 5.01. The number of ether oxygens (including phenoxy) is 5. The Morgan fingerprint density at radius 2 is 1.73 bits per heavy atom. The minimum atomic E-state index is -0.689. The molecule has 11 heteroatoms. The number of carbonyl (C=O) groups excluding carboxylic acids is 2. The number of fused-ring (bicyclic) bond motifs is 1. The van der Waals surface area contributed by atoms with Crippen LogP contribution in [0.15, 0.2) is 42.5 Å². The zero-order chi connectivity index (χ0) is 35.1. The molecule has 0 unspecified atom stereocenters. The van der Waals surface area contributed by atoms with Crippen LogP contribution in [-0.2, 0) is 41.8 Å². The number of nitrogens with two attached hydrogens (primary N) is 1. The Labute approximate surface area is 287 Å². The minimum Gasteiger partial charge on any atom is -0.490 e. The summed E-state index contributed by atoms with van der Waals surface area (Å²) in [5.74, 6) is 0.557. The Hall–Kier alpha value is -3.22. The Balaban J connectivity index is 1.85. The number of carbonyl (C=O) groups is 2. The van der Waals surface area contributed by atoms with Crippen molar-refractivity contribution in [1.82, 2.24) is 10.2 Å². The van der Waals surface area contributed by atoms with Gasteiger partial charge in [-0.3, -0.25) is 9.59 Å². The van der Waals surface area contributed by atoms with Crippen molar-refractivity contribution in [3.63, 3.8) is 0 Å². The molecular formula is C37H58N4O7. The summed E-state index contributed by atoms with van der Waals surface area (Å²) in [6.45, 7) is 13.3. The van der Waals surface area contributed by atoms with Gasteiger partial charge in [0.25, 0.3) is 0 Å². The Morgan fingerprint density at radius 1 is 1.02 bits per heavy atom. The standard InChI is InChI=1S/C37H58N4O7/c1-27(31-12-9-29(10-13-31)25-46-22-21-45-7)34(24-41(35(42)28(2)38)17-15-37(3,4)36(43)39-5)48-26-30-11-14-33-32(23-30)40(18-20-47-33)16-8-19-44-6/h9-14,23,27-28,34H,8,15-22,24-26,38H2,1-7H3,(H,39,43)/t27-,28+,34+/m1/s1. The molecule has 0 radical (unpaired) electrons. The molecule has 0 saturated carbocycles. The van der Waals surface area contributed by atoms with Crippen LogP contribution in [0.3, 0.4) is 0 Å². The second-order valence-electron chi connectivity index (χ2n) is 13.2. The lowest BCUT2D eigenvalue weighted by atomic mass is 9.87. The van der Waals surface area contributed by atoms with Crippen LogP contribution < -0.4 is 20.7 Å². The van der Waals surface area contributed by atoms with Crippen molar-refractivity contribution < 1.29 is 33.3 Å². The molecule has 2 amide bonds. The number of amides is 2. The predicted molar refractivity (Wildman–Crippen MR) is 188 cm³/mol. The third-order valence-corrected chi connectivity index (χ3v) is 8.94. The lowest BCUT2D eigenvalue weighted by molar-refractivity contribution is -0.137. The van der Waals surface area contributed by atoms with Crippen LogP contribution in [0.4, 0.5) is 5.69 Å². The molecular weight excluding hydrogens is 612 g/mol. The molecule has 1 aliphatic rings. The first-order chi connectivity index (χ1) is 23.0. The highest BCUT2D eigenvalue weighted by molar-refractivity contribution is 5.82. The molecule has 268 valence electrons. The van der Waals surface area contributed by atoms with Gasteiger partial charge in [-0.15, -0.1) is 0 Å². The third-order valence-electron chi connectivity index (χ3n) is 8.94. The Bertz CT molecular complexity index is 1270. The summed E-state index contributed by atoms with van der Waals surface area (Å²) in [6.07, 6.45) is 1.05. The first-order valence-electron chi connectivity index (χ1n) is 17.0. The van der Waals surface area contributed by atoms with Gasteiger partial charge in [0, 0.05) is 58.8 Å². The van der Waals surface area contributed by atoms with Gasteiger partial charge in [0.05, 0.1) is 50.8 Å². The summed E-state index contributed by atoms with van der Waals surface area (Å²) in [5.41, 5.74) is 9.69. The topological polar surface area (TPSA) is 125 Å². The fourth-order valence-electron chi connectivity index (χ4n) is 5.73. The second-order valence-corrected chi connectivity index (χ2v) is 13.2. The molecule has 1 aliphatic heterocycles. The van der Waals surface area contributed by atoms with Gasteiger partial charge in [0.2, 0.25) is 11.8 Å². The van der Waals surface area contributed by atoms with Gasteiger partial charge in [-0.05, 0) is 48.6 Å². The smallest absolute Gasteiger partial charge is 0.239 e. The number of methoxy groups -OCH3 is 2. The lowest BCUT2D eigenvalue weighted by Crippen LogP contribution is -2.48. The predicted octanol–water partition coefficient (Wildman–Crippen LogP) is 4.11. The first kappa shape index (κ1) is 39.2. The zero-order valence-electron chi connectivity index (χ0n) is 30.1. The number of hydrogen-bond donors (Lipinski definition) is 2. The maximum atomic E-state index is 13.5. The molecule has 2 aromatic rings. The summed E-state index contributed by atoms with van der Waals surface area (Å²) in [6, 6.07) is 13.8. The summed E-state index contributed by atoms with van der Waals surface area (Å²) in [4.78, 5) is 30.1. The molecule has 1 heterocycles. The number of benzene rings is 2. The molecule has 0 aromatic heterocycles. The van der Waals surface area contributed by atoms with Crippen LogP contribution in [0.1, 0.15) is 63.1 Å². The van der Waals surface area contributed by atoms with Gasteiger partial charge in [0.15, 0.2) is 0 Å². The normalized spacial score (nSPS) is 14.9. The van der Waals surface area contributed by atoms with Crippen molar-refractivity contribution >= 4 is 17.5 Å². The fraction of sp³-hybridized carbons (Fsp3) is 0.622. The van der Waals surface area contributed by atoms with Crippen LogP contribution in [0, 0.1) is 5.41 Å². The molecule has 2 aromatic carbocycles. The van der Waals surface area contributed by atoms with Crippen molar-refractivity contribution in [2.75, 3.05) is 78.8 Å². The molecule has 48 heavy (non-hydrogen) atoms. The van der Waals surface area contributed by atoms with Gasteiger partial charge in [-0.2, -0.15) is 0 Å². The van der Waals surface area contributed by atoms with E-state index in [2.05, 4.69) is 47.5 Å². The van der Waals surface area contributed by atoms with Gasteiger partial charge in [-0.1, -0.05) is 51.1 Å². The molecule has 0 spiro atoms. The van der Waals surface area contributed by atoms with Gasteiger partial charge < -0.3 is 44.5 Å². The van der Waals surface area contributed by atoms with E-state index in [9.17, 15) is 9.59 Å². The van der Waals surface area contributed by atoms with E-state index >= 15 is 0 Å².